The molecule has 8 fully saturated rings. The molecule has 0 radical (unpaired) electrons. The summed E-state index contributed by atoms with van der Waals surface area (Å²) >= 11 is 0. The van der Waals surface area contributed by atoms with Crippen LogP contribution in [-0.2, 0) is 77.9 Å². The standard InChI is InChI=1S/C29H29F6NO2.C26H27F7N2O2.C26H26F7NO2.C25H26F7NO/c1-17(20-11-21(28(30,31)32)13-22(12-20)29(33,34)35)38-26-10-7-19-15-36(23-8-9-24(37)14-23)16-25(19)27(26)18-5-3-2-4-6-18;1-14(17-9-18(25(28,29)30)11-19(10-17)26(31,32)33)37-22-8-5-16-12-35(24(36)34-2)13-21(16)23(22)15-3-6-20(27)7-4-15;1-14(18-9-19(25(28,29)30)11-20(10-18)26(31,32)33)36-23-8-5-17-12-34(15(2)35)13-22(17)24(23)16-3-6-21(27)7-4-16;1-14(17-9-18(24(27,28)29)11-19(10-17)25(30,31)32)34-22-8-5-16-12-33(2)13-21(16)23(22)15-3-6-20(26)7-4-15/h2-6,11-14,17,19,25-27H,7-10,15-16H2,1H3;3-4,6-7,9-11,14,16,21-23H,5,8,12-13H2,1-2H3,(H,34,36);3-4,6-7,9-11,14,17,22-24H,5,8,12-13H2,1-2H3;3-4,6-7,9-11,14,16,21-23H,5,8,12-13H2,1-2H3/t17-,19-,25-,26+,27+;14-,16-,21-,22+,23+;14-,17-,22-,23+,24+;14-,16-,21-,22+,23+/m1111/s1. The van der Waals surface area contributed by atoms with Crippen molar-refractivity contribution < 1.29 is 152 Å². The third-order valence-electron chi connectivity index (χ3n) is 30.0. The molecule has 0 unspecified atom stereocenters. The molecule has 1 N–H and O–H groups in total. The molecule has 12 nitrogen and oxygen atoms in total. The van der Waals surface area contributed by atoms with E-state index in [1.54, 1.807) is 52.3 Å². The number of halogens is 27. The van der Waals surface area contributed by atoms with Crippen molar-refractivity contribution in [3.05, 3.63) is 294 Å². The molecule has 5 aliphatic carbocycles. The molecule has 4 saturated heterocycles. The third kappa shape index (κ3) is 26.7. The minimum absolute atomic E-state index is 0.0300. The first-order valence-corrected chi connectivity index (χ1v) is 47.7. The predicted octanol–water partition coefficient (Wildman–Crippen LogP) is 28.4. The van der Waals surface area contributed by atoms with E-state index in [1.165, 1.54) is 78.1 Å². The van der Waals surface area contributed by atoms with Crippen LogP contribution in [0.4, 0.5) is 123 Å². The summed E-state index contributed by atoms with van der Waals surface area (Å²) in [6.07, 6.45) is -37.2. The maximum Gasteiger partial charge on any atom is 0.416 e. The molecule has 0 bridgehead atoms. The average molecular weight is 2080 g/mol. The Hall–Kier alpha value is -10.4. The second-order valence-electron chi connectivity index (χ2n) is 39.4. The first-order chi connectivity index (χ1) is 67.7. The first kappa shape index (κ1) is 110. The van der Waals surface area contributed by atoms with Gasteiger partial charge in [0.1, 0.15) is 17.5 Å². The van der Waals surface area contributed by atoms with Gasteiger partial charge in [-0.3, -0.25) is 9.59 Å². The van der Waals surface area contributed by atoms with E-state index in [1.807, 2.05) is 37.4 Å². The smallest absolute Gasteiger partial charge is 0.374 e. The van der Waals surface area contributed by atoms with Crippen LogP contribution >= 0.6 is 0 Å². The highest BCUT2D eigenvalue weighted by Crippen LogP contribution is 2.56. The van der Waals surface area contributed by atoms with E-state index in [9.17, 15) is 133 Å². The zero-order chi connectivity index (χ0) is 106. The summed E-state index contributed by atoms with van der Waals surface area (Å²) in [4.78, 5) is 44.0. The van der Waals surface area contributed by atoms with E-state index in [2.05, 4.69) is 15.1 Å². The fourth-order valence-corrected chi connectivity index (χ4v) is 23.0. The van der Waals surface area contributed by atoms with Crippen LogP contribution in [0.15, 0.2) is 188 Å². The van der Waals surface area contributed by atoms with E-state index in [4.69, 9.17) is 18.9 Å². The molecule has 8 aromatic rings. The van der Waals surface area contributed by atoms with Crippen molar-refractivity contribution in [1.82, 2.24) is 24.9 Å². The largest absolute Gasteiger partial charge is 0.416 e. The summed E-state index contributed by atoms with van der Waals surface area (Å²) in [5.74, 6) is -0.688. The molecule has 4 heterocycles. The number of urea groups is 1. The molecule has 4 aliphatic heterocycles. The number of nitrogens with zero attached hydrogens (tertiary/aromatic N) is 4. The number of rotatable bonds is 17. The van der Waals surface area contributed by atoms with Gasteiger partial charge in [0.2, 0.25) is 5.91 Å². The molecular formula is C106H108F27N5O7. The number of amides is 3. The lowest BCUT2D eigenvalue weighted by Crippen LogP contribution is -2.39. The zero-order valence-corrected chi connectivity index (χ0v) is 79.4. The van der Waals surface area contributed by atoms with Gasteiger partial charge in [0.15, 0.2) is 5.78 Å². The van der Waals surface area contributed by atoms with Crippen LogP contribution in [0, 0.1) is 64.8 Å². The number of fused-ring (bicyclic) bond motifs is 4. The van der Waals surface area contributed by atoms with Gasteiger partial charge < -0.3 is 43.9 Å². The predicted molar refractivity (Wildman–Crippen MR) is 480 cm³/mol. The maximum absolute atomic E-state index is 13.7. The van der Waals surface area contributed by atoms with Gasteiger partial charge in [-0.15, -0.1) is 0 Å². The van der Waals surface area contributed by atoms with Gasteiger partial charge in [-0.2, -0.15) is 105 Å². The molecular weight excluding hydrogens is 1970 g/mol. The van der Waals surface area contributed by atoms with Crippen LogP contribution in [-0.4, -0.2) is 128 Å². The quantitative estimate of drug-likeness (QED) is 0.0891. The summed E-state index contributed by atoms with van der Waals surface area (Å²) in [6.45, 7) is 12.5. The Morgan fingerprint density at radius 3 is 0.862 bits per heavy atom. The minimum Gasteiger partial charge on any atom is -0.374 e. The van der Waals surface area contributed by atoms with Crippen LogP contribution in [0.2, 0.25) is 0 Å². The highest BCUT2D eigenvalue weighted by atomic mass is 19.4. The molecule has 0 spiro atoms. The second kappa shape index (κ2) is 43.8. The molecule has 145 heavy (non-hydrogen) atoms. The maximum atomic E-state index is 13.7. The fourth-order valence-electron chi connectivity index (χ4n) is 23.0. The van der Waals surface area contributed by atoms with Crippen molar-refractivity contribution in [1.29, 1.82) is 0 Å². The van der Waals surface area contributed by atoms with E-state index in [-0.39, 0.29) is 135 Å². The van der Waals surface area contributed by atoms with Crippen molar-refractivity contribution in [2.75, 3.05) is 66.5 Å². The van der Waals surface area contributed by atoms with Crippen LogP contribution in [0.25, 0.3) is 0 Å². The van der Waals surface area contributed by atoms with E-state index in [0.717, 1.165) is 97.7 Å². The van der Waals surface area contributed by atoms with Crippen LogP contribution in [0.3, 0.4) is 0 Å². The monoisotopic (exact) mass is 2080 g/mol. The number of nitrogens with one attached hydrogen (secondary N) is 1. The number of carbonyl (C=O) groups is 3. The zero-order valence-electron chi connectivity index (χ0n) is 79.4. The first-order valence-electron chi connectivity index (χ1n) is 47.7. The Balaban J connectivity index is 0.000000153. The lowest BCUT2D eigenvalue weighted by Gasteiger charge is -2.41. The lowest BCUT2D eigenvalue weighted by atomic mass is 9.69. The van der Waals surface area contributed by atoms with Gasteiger partial charge in [-0.25, -0.2) is 18.0 Å². The number of allylic oxidation sites excluding steroid dienone is 2. The fraction of sp³-hybridized carbons (Fsp3) is 0.500. The molecule has 0 aromatic heterocycles. The number of carbonyl (C=O) groups excluding carboxylic acids is 3. The van der Waals surface area contributed by atoms with E-state index < -0.39 is 148 Å². The van der Waals surface area contributed by atoms with Gasteiger partial charge in [0.05, 0.1) is 93.3 Å². The van der Waals surface area contributed by atoms with Crippen molar-refractivity contribution >= 4 is 17.7 Å². The van der Waals surface area contributed by atoms with E-state index >= 15 is 0 Å². The number of alkyl halides is 24. The molecule has 3 amide bonds. The highest BCUT2D eigenvalue weighted by molar-refractivity contribution is 5.92. The molecule has 9 aliphatic rings. The van der Waals surface area contributed by atoms with Gasteiger partial charge in [-0.1, -0.05) is 66.7 Å². The summed E-state index contributed by atoms with van der Waals surface area (Å²) in [7, 11) is 3.54. The molecule has 8 aromatic carbocycles. The van der Waals surface area contributed by atoms with Crippen molar-refractivity contribution in [3.63, 3.8) is 0 Å². The lowest BCUT2D eigenvalue weighted by molar-refractivity contribution is -0.145. The normalized spacial score (nSPS) is 26.1. The summed E-state index contributed by atoms with van der Waals surface area (Å²) in [6, 6.07) is 33.4. The Kier molecular flexibility index (Phi) is 33.3. The van der Waals surface area contributed by atoms with Crippen molar-refractivity contribution in [2.45, 2.75) is 221 Å². The molecule has 17 rings (SSSR count). The minimum atomic E-state index is -4.96. The summed E-state index contributed by atoms with van der Waals surface area (Å²) in [5, 5.41) is 2.60. The number of ketones is 1. The SMILES string of the molecule is CC(=O)N1C[C@H]2CC[C@H](O[C@H](C)c3cc(C(F)(F)F)cc(C(F)(F)F)c3)[C@@H](c3ccc(F)cc3)[C@@H]2C1.CNC(=O)N1C[C@H]2CC[C@H](O[C@H](C)c3cc(C(F)(F)F)cc(C(F)(F)F)c3)[C@@H](c3ccc(F)cc3)[C@@H]2C1.C[C@@H](O[C@H]1CC[C@@H]2CN(C)C[C@H]2[C@@H]1c1ccc(F)cc1)c1cc(C(F)(F)F)cc(C(F)(F)F)c1.C[C@@H](O[C@H]1CC[C@@H]2CN(C3=CC(=O)CC3)C[C@H]2[C@@H]1c1ccccc1)c1cc(C(F)(F)F)cc(C(F)(F)F)c1. The van der Waals surface area contributed by atoms with Gasteiger partial charge in [-0.05, 0) is 294 Å². The Morgan fingerprint density at radius 2 is 0.586 bits per heavy atom. The summed E-state index contributed by atoms with van der Waals surface area (Å²) in [5.41, 5.74) is -7.32. The van der Waals surface area contributed by atoms with Crippen LogP contribution in [0.1, 0.15) is 236 Å². The summed E-state index contributed by atoms with van der Waals surface area (Å²) < 4.78 is 387. The Labute approximate surface area is 819 Å². The third-order valence-corrected chi connectivity index (χ3v) is 30.0. The molecule has 4 saturated carbocycles. The van der Waals surface area contributed by atoms with Crippen LogP contribution in [0.5, 0.6) is 0 Å². The number of benzene rings is 8. The van der Waals surface area contributed by atoms with Gasteiger partial charge in [0, 0.05) is 108 Å². The van der Waals surface area contributed by atoms with Gasteiger partial charge >= 0.3 is 55.4 Å². The van der Waals surface area contributed by atoms with E-state index in [0.29, 0.717) is 107 Å². The highest BCUT2D eigenvalue weighted by Gasteiger charge is 2.54. The number of hydrogen-bond acceptors (Lipinski definition) is 9. The van der Waals surface area contributed by atoms with Gasteiger partial charge in [0.25, 0.3) is 0 Å². The second-order valence-corrected chi connectivity index (χ2v) is 39.4. The topological polar surface area (TPSA) is 113 Å². The number of likely N-dealkylation sites (tertiary alicyclic amines) is 4. The Bertz CT molecular complexity index is 5700. The van der Waals surface area contributed by atoms with Crippen molar-refractivity contribution in [2.24, 2.45) is 47.3 Å². The Morgan fingerprint density at radius 1 is 0.324 bits per heavy atom. The molecule has 20 atom stereocenters. The molecule has 39 heteroatoms. The number of ether oxygens (including phenoxy) is 4. The molecule has 788 valence electrons. The average Bonchev–Trinajstić information content (AvgIpc) is 1.74. The van der Waals surface area contributed by atoms with Crippen molar-refractivity contribution in [3.8, 4) is 0 Å². The van der Waals surface area contributed by atoms with Crippen LogP contribution < -0.4 is 5.32 Å². The number of hydrogen-bond donors (Lipinski definition) is 1.